The molecule has 1 aromatic rings. The number of hydrogen-bond acceptors (Lipinski definition) is 6. The van der Waals surface area contributed by atoms with Crippen LogP contribution in [0, 0.1) is 0 Å². The second-order valence-corrected chi connectivity index (χ2v) is 8.53. The monoisotopic (exact) mass is 325 g/mol. The largest absolute Gasteiger partial charge is 0.473 e. The van der Waals surface area contributed by atoms with Crippen LogP contribution in [0.2, 0.25) is 0 Å². The van der Waals surface area contributed by atoms with Crippen molar-refractivity contribution in [3.63, 3.8) is 0 Å². The van der Waals surface area contributed by atoms with Gasteiger partial charge in [0.2, 0.25) is 5.88 Å². The summed E-state index contributed by atoms with van der Waals surface area (Å²) in [5.41, 5.74) is 0. The SMILES string of the molecule is O=S1(=O)CCCC1CNc1cncc(OC2CCCCC2)n1. The average molecular weight is 325 g/mol. The number of hydrogen-bond donors (Lipinski definition) is 1. The molecule has 1 saturated carbocycles. The predicted molar refractivity (Wildman–Crippen MR) is 84.8 cm³/mol. The van der Waals surface area contributed by atoms with Crippen LogP contribution in [0.1, 0.15) is 44.9 Å². The number of sulfone groups is 1. The van der Waals surface area contributed by atoms with Gasteiger partial charge in [-0.15, -0.1) is 0 Å². The zero-order valence-electron chi connectivity index (χ0n) is 12.7. The first-order chi connectivity index (χ1) is 10.6. The van der Waals surface area contributed by atoms with Crippen LogP contribution < -0.4 is 10.1 Å². The minimum Gasteiger partial charge on any atom is -0.473 e. The van der Waals surface area contributed by atoms with E-state index in [9.17, 15) is 8.42 Å². The highest BCUT2D eigenvalue weighted by atomic mass is 32.2. The second-order valence-electron chi connectivity index (χ2n) is 6.13. The predicted octanol–water partition coefficient (Wildman–Crippen LogP) is 2.18. The van der Waals surface area contributed by atoms with Crippen molar-refractivity contribution >= 4 is 15.7 Å². The Morgan fingerprint density at radius 3 is 2.68 bits per heavy atom. The Bertz CT molecular complexity index is 600. The van der Waals surface area contributed by atoms with E-state index in [2.05, 4.69) is 15.3 Å². The second kappa shape index (κ2) is 6.81. The van der Waals surface area contributed by atoms with Crippen LogP contribution in [0.3, 0.4) is 0 Å². The van der Waals surface area contributed by atoms with E-state index in [4.69, 9.17) is 4.74 Å². The van der Waals surface area contributed by atoms with E-state index >= 15 is 0 Å². The molecule has 2 aliphatic rings. The molecule has 1 aromatic heterocycles. The summed E-state index contributed by atoms with van der Waals surface area (Å²) in [6, 6.07) is 0. The fraction of sp³-hybridized carbons (Fsp3) is 0.733. The molecule has 3 rings (SSSR count). The van der Waals surface area contributed by atoms with Crippen LogP contribution >= 0.6 is 0 Å². The molecule has 7 heteroatoms. The Morgan fingerprint density at radius 1 is 1.14 bits per heavy atom. The summed E-state index contributed by atoms with van der Waals surface area (Å²) >= 11 is 0. The number of aromatic nitrogens is 2. The number of rotatable bonds is 5. The number of anilines is 1. The van der Waals surface area contributed by atoms with Gasteiger partial charge in [-0.1, -0.05) is 6.42 Å². The molecule has 1 aliphatic carbocycles. The molecule has 0 aromatic carbocycles. The minimum atomic E-state index is -2.93. The third-order valence-corrected chi connectivity index (χ3v) is 6.70. The Labute approximate surface area is 131 Å². The minimum absolute atomic E-state index is 0.230. The maximum Gasteiger partial charge on any atom is 0.234 e. The van der Waals surface area contributed by atoms with Crippen molar-refractivity contribution in [2.24, 2.45) is 0 Å². The molecule has 1 atom stereocenters. The van der Waals surface area contributed by atoms with Crippen LogP contribution in [0.4, 0.5) is 5.82 Å². The lowest BCUT2D eigenvalue weighted by atomic mass is 9.98. The molecule has 0 radical (unpaired) electrons. The first kappa shape index (κ1) is 15.5. The molecule has 0 bridgehead atoms. The Hall–Kier alpha value is -1.37. The van der Waals surface area contributed by atoms with E-state index in [1.807, 2.05) is 0 Å². The normalized spacial score (nSPS) is 25.0. The van der Waals surface area contributed by atoms with Crippen LogP contribution in [0.25, 0.3) is 0 Å². The van der Waals surface area contributed by atoms with Gasteiger partial charge in [-0.25, -0.2) is 8.42 Å². The third kappa shape index (κ3) is 3.88. The first-order valence-electron chi connectivity index (χ1n) is 8.08. The first-order valence-corrected chi connectivity index (χ1v) is 9.79. The molecular formula is C15H23N3O3S. The Morgan fingerprint density at radius 2 is 1.95 bits per heavy atom. The van der Waals surface area contributed by atoms with Gasteiger partial charge in [0.25, 0.3) is 0 Å². The van der Waals surface area contributed by atoms with Crippen molar-refractivity contribution in [1.82, 2.24) is 9.97 Å². The van der Waals surface area contributed by atoms with Crippen molar-refractivity contribution < 1.29 is 13.2 Å². The highest BCUT2D eigenvalue weighted by Crippen LogP contribution is 2.23. The molecular weight excluding hydrogens is 302 g/mol. The van der Waals surface area contributed by atoms with E-state index in [1.54, 1.807) is 12.4 Å². The van der Waals surface area contributed by atoms with Crippen LogP contribution in [0.5, 0.6) is 5.88 Å². The maximum absolute atomic E-state index is 11.8. The fourth-order valence-corrected chi connectivity index (χ4v) is 4.92. The van der Waals surface area contributed by atoms with Gasteiger partial charge in [-0.3, -0.25) is 4.98 Å². The van der Waals surface area contributed by atoms with E-state index in [1.165, 1.54) is 19.3 Å². The van der Waals surface area contributed by atoms with Gasteiger partial charge in [-0.05, 0) is 38.5 Å². The topological polar surface area (TPSA) is 81.2 Å². The number of ether oxygens (including phenoxy) is 1. The fourth-order valence-electron chi connectivity index (χ4n) is 3.15. The van der Waals surface area contributed by atoms with Gasteiger partial charge < -0.3 is 10.1 Å². The van der Waals surface area contributed by atoms with Gasteiger partial charge in [0.1, 0.15) is 11.9 Å². The maximum atomic E-state index is 11.8. The van der Waals surface area contributed by atoms with Crippen LogP contribution in [-0.2, 0) is 9.84 Å². The van der Waals surface area contributed by atoms with Gasteiger partial charge in [0.15, 0.2) is 9.84 Å². The molecule has 1 saturated heterocycles. The summed E-state index contributed by atoms with van der Waals surface area (Å²) in [6.07, 6.45) is 10.8. The van der Waals surface area contributed by atoms with Gasteiger partial charge in [0.05, 0.1) is 23.4 Å². The zero-order valence-corrected chi connectivity index (χ0v) is 13.5. The van der Waals surface area contributed by atoms with Crippen LogP contribution in [0.15, 0.2) is 12.4 Å². The van der Waals surface area contributed by atoms with Crippen molar-refractivity contribution in [2.75, 3.05) is 17.6 Å². The molecule has 1 N–H and O–H groups in total. The summed E-state index contributed by atoms with van der Waals surface area (Å²) < 4.78 is 29.5. The summed E-state index contributed by atoms with van der Waals surface area (Å²) in [4.78, 5) is 8.52. The lowest BCUT2D eigenvalue weighted by Crippen LogP contribution is -2.25. The molecule has 2 fully saturated rings. The summed E-state index contributed by atoms with van der Waals surface area (Å²) in [5, 5.41) is 2.78. The smallest absolute Gasteiger partial charge is 0.234 e. The zero-order chi connectivity index (χ0) is 15.4. The summed E-state index contributed by atoms with van der Waals surface area (Å²) in [6.45, 7) is 0.393. The molecule has 0 spiro atoms. The van der Waals surface area contributed by atoms with Crippen molar-refractivity contribution in [3.05, 3.63) is 12.4 Å². The lowest BCUT2D eigenvalue weighted by Gasteiger charge is -2.22. The number of nitrogens with one attached hydrogen (secondary N) is 1. The lowest BCUT2D eigenvalue weighted by molar-refractivity contribution is 0.148. The van der Waals surface area contributed by atoms with Crippen molar-refractivity contribution in [2.45, 2.75) is 56.3 Å². The highest BCUT2D eigenvalue weighted by molar-refractivity contribution is 7.92. The summed E-state index contributed by atoms with van der Waals surface area (Å²) in [5.74, 6) is 1.40. The molecule has 122 valence electrons. The highest BCUT2D eigenvalue weighted by Gasteiger charge is 2.30. The van der Waals surface area contributed by atoms with E-state index in [0.29, 0.717) is 24.0 Å². The Kier molecular flexibility index (Phi) is 4.81. The molecule has 6 nitrogen and oxygen atoms in total. The van der Waals surface area contributed by atoms with Crippen molar-refractivity contribution in [3.8, 4) is 5.88 Å². The molecule has 22 heavy (non-hydrogen) atoms. The van der Waals surface area contributed by atoms with Gasteiger partial charge in [-0.2, -0.15) is 4.98 Å². The van der Waals surface area contributed by atoms with Gasteiger partial charge in [0, 0.05) is 6.54 Å². The molecule has 2 heterocycles. The quantitative estimate of drug-likeness (QED) is 0.893. The molecule has 0 amide bonds. The summed E-state index contributed by atoms with van der Waals surface area (Å²) in [7, 11) is -2.93. The average Bonchev–Trinajstić information content (AvgIpc) is 2.85. The van der Waals surface area contributed by atoms with E-state index in [0.717, 1.165) is 25.7 Å². The molecule has 1 unspecified atom stereocenters. The third-order valence-electron chi connectivity index (χ3n) is 4.43. The standard InChI is InChI=1S/C15H23N3O3S/c19-22(20)8-4-7-13(22)9-17-14-10-16-11-15(18-14)21-12-5-2-1-3-6-12/h10-13H,1-9H2,(H,17,18). The van der Waals surface area contributed by atoms with E-state index in [-0.39, 0.29) is 11.4 Å². The molecule has 1 aliphatic heterocycles. The van der Waals surface area contributed by atoms with Crippen LogP contribution in [-0.4, -0.2) is 42.0 Å². The van der Waals surface area contributed by atoms with Crippen molar-refractivity contribution in [1.29, 1.82) is 0 Å². The Balaban J connectivity index is 1.56. The van der Waals surface area contributed by atoms with Gasteiger partial charge >= 0.3 is 0 Å². The van der Waals surface area contributed by atoms with E-state index < -0.39 is 9.84 Å². The number of nitrogens with zero attached hydrogens (tertiary/aromatic N) is 2.